The number of ether oxygens (including phenoxy) is 1. The zero-order valence-electron chi connectivity index (χ0n) is 20.0. The Hall–Kier alpha value is -3.52. The summed E-state index contributed by atoms with van der Waals surface area (Å²) in [6.07, 6.45) is 5.27. The van der Waals surface area contributed by atoms with Crippen LogP contribution in [0.5, 0.6) is 0 Å². The van der Waals surface area contributed by atoms with Gasteiger partial charge in [0.25, 0.3) is 5.56 Å². The van der Waals surface area contributed by atoms with E-state index in [0.717, 1.165) is 54.2 Å². The molecule has 4 heterocycles. The van der Waals surface area contributed by atoms with Crippen LogP contribution in [0.4, 0.5) is 0 Å². The lowest BCUT2D eigenvalue weighted by Crippen LogP contribution is -2.25. The van der Waals surface area contributed by atoms with Crippen molar-refractivity contribution in [2.24, 2.45) is 0 Å². The fourth-order valence-electron chi connectivity index (χ4n) is 4.92. The van der Waals surface area contributed by atoms with Gasteiger partial charge in [-0.1, -0.05) is 6.07 Å². The lowest BCUT2D eigenvalue weighted by atomic mass is 10.1. The predicted octanol–water partition coefficient (Wildman–Crippen LogP) is 3.68. The van der Waals surface area contributed by atoms with Crippen LogP contribution >= 0.6 is 0 Å². The Morgan fingerprint density at radius 1 is 1.12 bits per heavy atom. The number of carbonyl (C=O) groups is 1. The van der Waals surface area contributed by atoms with E-state index in [2.05, 4.69) is 20.7 Å². The average Bonchev–Trinajstić information content (AvgIpc) is 3.51. The topological polar surface area (TPSA) is 83.9 Å². The van der Waals surface area contributed by atoms with Crippen LogP contribution in [0.2, 0.25) is 0 Å². The van der Waals surface area contributed by atoms with Crippen molar-refractivity contribution >= 4 is 16.8 Å². The first-order valence-corrected chi connectivity index (χ1v) is 11.6. The van der Waals surface area contributed by atoms with Crippen LogP contribution in [0, 0.1) is 27.7 Å². The molecule has 1 unspecified atom stereocenters. The number of ketones is 1. The Bertz CT molecular complexity index is 1430. The van der Waals surface area contributed by atoms with Gasteiger partial charge in [0.05, 0.1) is 24.5 Å². The predicted molar refractivity (Wildman–Crippen MR) is 130 cm³/mol. The summed E-state index contributed by atoms with van der Waals surface area (Å²) < 4.78 is 10.9. The fourth-order valence-corrected chi connectivity index (χ4v) is 4.92. The molecule has 5 rings (SSSR count). The van der Waals surface area contributed by atoms with Crippen molar-refractivity contribution in [3.05, 3.63) is 75.2 Å². The minimum Gasteiger partial charge on any atom is -0.376 e. The van der Waals surface area contributed by atoms with Gasteiger partial charge in [0, 0.05) is 30.1 Å². The number of carbonyl (C=O) groups excluding carboxylic acids is 1. The molecule has 1 fully saturated rings. The monoisotopic (exact) mass is 459 g/mol. The summed E-state index contributed by atoms with van der Waals surface area (Å²) in [5.74, 6) is -0.114. The van der Waals surface area contributed by atoms with Gasteiger partial charge in [0.1, 0.15) is 11.7 Å². The molecule has 0 aliphatic carbocycles. The largest absolute Gasteiger partial charge is 0.376 e. The van der Waals surface area contributed by atoms with Crippen molar-refractivity contribution < 1.29 is 9.53 Å². The number of fused-ring (bicyclic) bond motifs is 1. The van der Waals surface area contributed by atoms with Gasteiger partial charge in [-0.15, -0.1) is 0 Å². The molecular formula is C26H29N5O3. The van der Waals surface area contributed by atoms with E-state index in [9.17, 15) is 9.59 Å². The normalized spacial score (nSPS) is 15.9. The first-order chi connectivity index (χ1) is 16.3. The van der Waals surface area contributed by atoms with Crippen LogP contribution in [-0.4, -0.2) is 42.4 Å². The summed E-state index contributed by atoms with van der Waals surface area (Å²) >= 11 is 0. The lowest BCUT2D eigenvalue weighted by molar-refractivity contribution is 0.0948. The molecule has 3 aromatic heterocycles. The fraction of sp³-hybridized carbons (Fsp3) is 0.385. The summed E-state index contributed by atoms with van der Waals surface area (Å²) in [6, 6.07) is 7.99. The number of benzene rings is 1. The number of rotatable bonds is 6. The second-order valence-electron chi connectivity index (χ2n) is 9.27. The highest BCUT2D eigenvalue weighted by Gasteiger charge is 2.22. The van der Waals surface area contributed by atoms with Gasteiger partial charge in [-0.25, -0.2) is 9.67 Å². The van der Waals surface area contributed by atoms with Crippen LogP contribution in [0.3, 0.4) is 0 Å². The molecule has 1 aliphatic heterocycles. The van der Waals surface area contributed by atoms with Crippen LogP contribution in [0.1, 0.15) is 45.7 Å². The molecule has 176 valence electrons. The lowest BCUT2D eigenvalue weighted by Gasteiger charge is -2.14. The van der Waals surface area contributed by atoms with Gasteiger partial charge < -0.3 is 9.30 Å². The van der Waals surface area contributed by atoms with E-state index in [1.54, 1.807) is 4.68 Å². The molecule has 0 N–H and O–H groups in total. The maximum absolute atomic E-state index is 13.2. The number of aromatic nitrogens is 5. The van der Waals surface area contributed by atoms with Gasteiger partial charge in [-0.2, -0.15) is 5.10 Å². The summed E-state index contributed by atoms with van der Waals surface area (Å²) in [6.45, 7) is 9.47. The molecular weight excluding hydrogens is 430 g/mol. The van der Waals surface area contributed by atoms with Gasteiger partial charge in [-0.3, -0.25) is 14.2 Å². The van der Waals surface area contributed by atoms with Gasteiger partial charge in [0.15, 0.2) is 11.4 Å². The quantitative estimate of drug-likeness (QED) is 0.411. The number of hydrogen-bond donors (Lipinski definition) is 0. The standard InChI is InChI=1S/C26H29N5O3/c1-16-8-17(2)10-20(9-16)31-25-23(12-28-31)26(33)29(15-27-25)14-24(32)22-11-18(3)30(19(22)4)13-21-6-5-7-34-21/h8-12,15,21H,5-7,13-14H2,1-4H3. The van der Waals surface area contributed by atoms with E-state index in [1.807, 2.05) is 45.9 Å². The van der Waals surface area contributed by atoms with Crippen LogP contribution in [0.15, 0.2) is 41.6 Å². The molecule has 1 aliphatic rings. The molecule has 1 atom stereocenters. The van der Waals surface area contributed by atoms with E-state index in [1.165, 1.54) is 17.1 Å². The molecule has 0 spiro atoms. The van der Waals surface area contributed by atoms with Crippen LogP contribution < -0.4 is 5.56 Å². The highest BCUT2D eigenvalue weighted by molar-refractivity contribution is 5.97. The smallest absolute Gasteiger partial charge is 0.264 e. The minimum absolute atomic E-state index is 0.0687. The molecule has 0 radical (unpaired) electrons. The van der Waals surface area contributed by atoms with Gasteiger partial charge in [0.2, 0.25) is 0 Å². The van der Waals surface area contributed by atoms with Crippen LogP contribution in [0.25, 0.3) is 16.7 Å². The highest BCUT2D eigenvalue weighted by Crippen LogP contribution is 2.21. The van der Waals surface area contributed by atoms with Crippen molar-refractivity contribution in [3.8, 4) is 5.69 Å². The van der Waals surface area contributed by atoms with Gasteiger partial charge in [-0.05, 0) is 69.9 Å². The molecule has 1 aromatic carbocycles. The van der Waals surface area contributed by atoms with E-state index in [0.29, 0.717) is 16.6 Å². The average molecular weight is 460 g/mol. The van der Waals surface area contributed by atoms with Crippen LogP contribution in [-0.2, 0) is 17.8 Å². The molecule has 1 saturated heterocycles. The second kappa shape index (κ2) is 8.68. The molecule has 8 nitrogen and oxygen atoms in total. The Morgan fingerprint density at radius 3 is 2.59 bits per heavy atom. The van der Waals surface area contributed by atoms with Crippen molar-refractivity contribution in [1.29, 1.82) is 0 Å². The summed E-state index contributed by atoms with van der Waals surface area (Å²) in [4.78, 5) is 30.8. The Kier molecular flexibility index (Phi) is 5.69. The highest BCUT2D eigenvalue weighted by atomic mass is 16.5. The summed E-state index contributed by atoms with van der Waals surface area (Å²) in [7, 11) is 0. The summed E-state index contributed by atoms with van der Waals surface area (Å²) in [5, 5.41) is 4.79. The zero-order valence-corrected chi connectivity index (χ0v) is 20.0. The maximum Gasteiger partial charge on any atom is 0.264 e. The molecule has 0 saturated carbocycles. The van der Waals surface area contributed by atoms with Crippen molar-refractivity contribution in [2.75, 3.05) is 6.61 Å². The third-order valence-corrected chi connectivity index (χ3v) is 6.60. The molecule has 4 aromatic rings. The Morgan fingerprint density at radius 2 is 1.88 bits per heavy atom. The van der Waals surface area contributed by atoms with Crippen molar-refractivity contribution in [2.45, 2.75) is 59.7 Å². The Balaban J connectivity index is 1.43. The van der Waals surface area contributed by atoms with Crippen molar-refractivity contribution in [3.63, 3.8) is 0 Å². The third kappa shape index (κ3) is 3.98. The SMILES string of the molecule is Cc1cc(C)cc(-n2ncc3c(=O)n(CC(=O)c4cc(C)n(CC5CCCO5)c4C)cnc32)c1. The van der Waals surface area contributed by atoms with Gasteiger partial charge >= 0.3 is 0 Å². The zero-order chi connectivity index (χ0) is 24.0. The maximum atomic E-state index is 13.2. The third-order valence-electron chi connectivity index (χ3n) is 6.60. The van der Waals surface area contributed by atoms with E-state index >= 15 is 0 Å². The Labute approximate surface area is 197 Å². The molecule has 8 heteroatoms. The van der Waals surface area contributed by atoms with E-state index < -0.39 is 0 Å². The van der Waals surface area contributed by atoms with Crippen molar-refractivity contribution in [1.82, 2.24) is 23.9 Å². The van der Waals surface area contributed by atoms with E-state index in [4.69, 9.17) is 4.74 Å². The van der Waals surface area contributed by atoms with E-state index in [-0.39, 0.29) is 24.0 Å². The molecule has 0 amide bonds. The number of nitrogens with zero attached hydrogens (tertiary/aromatic N) is 5. The molecule has 0 bridgehead atoms. The second-order valence-corrected chi connectivity index (χ2v) is 9.27. The molecule has 34 heavy (non-hydrogen) atoms. The first kappa shape index (κ1) is 22.3. The first-order valence-electron chi connectivity index (χ1n) is 11.6. The minimum atomic E-state index is -0.276. The number of Topliss-reactive ketones (excluding diaryl/α,β-unsaturated/α-hetero) is 1. The number of hydrogen-bond acceptors (Lipinski definition) is 5. The number of aryl methyl sites for hydroxylation is 3. The summed E-state index contributed by atoms with van der Waals surface area (Å²) in [5.41, 5.74) is 5.83.